The van der Waals surface area contributed by atoms with Crippen LogP contribution in [0.5, 0.6) is 11.5 Å². The van der Waals surface area contributed by atoms with Crippen LogP contribution in [-0.4, -0.2) is 38.9 Å². The minimum Gasteiger partial charge on any atom is -0.493 e. The lowest BCUT2D eigenvalue weighted by Crippen LogP contribution is -2.56. The summed E-state index contributed by atoms with van der Waals surface area (Å²) >= 11 is 3.47. The van der Waals surface area contributed by atoms with Gasteiger partial charge in [-0.1, -0.05) is 15.9 Å². The van der Waals surface area contributed by atoms with E-state index < -0.39 is 5.54 Å². The Bertz CT molecular complexity index is 545. The van der Waals surface area contributed by atoms with Gasteiger partial charge in [-0.15, -0.1) is 0 Å². The smallest absolute Gasteiger partial charge is 0.240 e. The molecule has 0 aromatic heterocycles. The first-order chi connectivity index (χ1) is 10.5. The fraction of sp³-hybridized carbons (Fsp3) is 0.533. The monoisotopic (exact) mass is 372 g/mol. The molecule has 0 saturated carbocycles. The standard InChI is InChI=1S/C15H21BrN2O4/c1-20-12-7-10(11(16)8-13(12)21-2)9-18-14(19)15(17)3-5-22-6-4-15/h7-8H,3-6,9,17H2,1-2H3,(H,18,19). The molecule has 3 N–H and O–H groups in total. The maximum Gasteiger partial charge on any atom is 0.240 e. The summed E-state index contributed by atoms with van der Waals surface area (Å²) in [6, 6.07) is 3.64. The van der Waals surface area contributed by atoms with Crippen molar-refractivity contribution in [2.24, 2.45) is 5.73 Å². The number of nitrogens with one attached hydrogen (secondary N) is 1. The van der Waals surface area contributed by atoms with Gasteiger partial charge in [0.2, 0.25) is 5.91 Å². The lowest BCUT2D eigenvalue weighted by atomic mass is 9.90. The number of benzene rings is 1. The number of hydrogen-bond donors (Lipinski definition) is 2. The van der Waals surface area contributed by atoms with Gasteiger partial charge in [-0.25, -0.2) is 0 Å². The van der Waals surface area contributed by atoms with Crippen molar-refractivity contribution < 1.29 is 19.0 Å². The van der Waals surface area contributed by atoms with Gasteiger partial charge < -0.3 is 25.3 Å². The van der Waals surface area contributed by atoms with Gasteiger partial charge in [-0.3, -0.25) is 4.79 Å². The molecule has 122 valence electrons. The highest BCUT2D eigenvalue weighted by Crippen LogP contribution is 2.33. The predicted octanol–water partition coefficient (Wildman–Crippen LogP) is 1.59. The quantitative estimate of drug-likeness (QED) is 0.819. The van der Waals surface area contributed by atoms with Crippen LogP contribution in [-0.2, 0) is 16.1 Å². The summed E-state index contributed by atoms with van der Waals surface area (Å²) in [5.74, 6) is 1.09. The molecule has 6 nitrogen and oxygen atoms in total. The maximum atomic E-state index is 12.3. The molecule has 0 atom stereocenters. The number of carbonyl (C=O) groups excluding carboxylic acids is 1. The lowest BCUT2D eigenvalue weighted by Gasteiger charge is -2.31. The highest BCUT2D eigenvalue weighted by atomic mass is 79.9. The third kappa shape index (κ3) is 3.71. The van der Waals surface area contributed by atoms with E-state index in [1.165, 1.54) is 0 Å². The molecule has 1 aromatic carbocycles. The summed E-state index contributed by atoms with van der Waals surface area (Å²) in [5, 5.41) is 2.89. The highest BCUT2D eigenvalue weighted by Gasteiger charge is 2.35. The van der Waals surface area contributed by atoms with Gasteiger partial charge in [0.15, 0.2) is 11.5 Å². The lowest BCUT2D eigenvalue weighted by molar-refractivity contribution is -0.129. The van der Waals surface area contributed by atoms with E-state index in [0.29, 0.717) is 44.1 Å². The van der Waals surface area contributed by atoms with Gasteiger partial charge in [0.1, 0.15) is 0 Å². The third-order valence-corrected chi connectivity index (χ3v) is 4.57. The zero-order valence-electron chi connectivity index (χ0n) is 12.8. The second-order valence-electron chi connectivity index (χ2n) is 5.25. The molecule has 0 spiro atoms. The zero-order chi connectivity index (χ0) is 16.2. The van der Waals surface area contributed by atoms with Crippen LogP contribution in [0.15, 0.2) is 16.6 Å². The Morgan fingerprint density at radius 3 is 2.50 bits per heavy atom. The van der Waals surface area contributed by atoms with E-state index in [0.717, 1.165) is 10.0 Å². The topological polar surface area (TPSA) is 82.8 Å². The van der Waals surface area contributed by atoms with Gasteiger partial charge in [-0.05, 0) is 30.5 Å². The second kappa shape index (κ2) is 7.30. The number of carbonyl (C=O) groups is 1. The average molecular weight is 373 g/mol. The van der Waals surface area contributed by atoms with Gasteiger partial charge in [0.25, 0.3) is 0 Å². The molecule has 1 fully saturated rings. The van der Waals surface area contributed by atoms with Crippen molar-refractivity contribution in [3.05, 3.63) is 22.2 Å². The Morgan fingerprint density at radius 2 is 1.91 bits per heavy atom. The molecule has 7 heteroatoms. The van der Waals surface area contributed by atoms with E-state index >= 15 is 0 Å². The Morgan fingerprint density at radius 1 is 1.32 bits per heavy atom. The highest BCUT2D eigenvalue weighted by molar-refractivity contribution is 9.10. The predicted molar refractivity (Wildman–Crippen MR) is 86.1 cm³/mol. The van der Waals surface area contributed by atoms with E-state index in [1.54, 1.807) is 14.2 Å². The van der Waals surface area contributed by atoms with Crippen LogP contribution in [0.3, 0.4) is 0 Å². The summed E-state index contributed by atoms with van der Waals surface area (Å²) in [7, 11) is 3.15. The van der Waals surface area contributed by atoms with Crippen molar-refractivity contribution in [2.75, 3.05) is 27.4 Å². The first kappa shape index (κ1) is 17.1. The number of ether oxygens (including phenoxy) is 3. The molecule has 22 heavy (non-hydrogen) atoms. The summed E-state index contributed by atoms with van der Waals surface area (Å²) in [5.41, 5.74) is 6.20. The van der Waals surface area contributed by atoms with Crippen LogP contribution in [0.25, 0.3) is 0 Å². The number of nitrogens with two attached hydrogens (primary N) is 1. The van der Waals surface area contributed by atoms with E-state index in [-0.39, 0.29) is 5.91 Å². The molecule has 2 rings (SSSR count). The first-order valence-electron chi connectivity index (χ1n) is 7.05. The molecule has 1 saturated heterocycles. The summed E-state index contributed by atoms with van der Waals surface area (Å²) in [4.78, 5) is 12.3. The fourth-order valence-corrected chi connectivity index (χ4v) is 2.81. The maximum absolute atomic E-state index is 12.3. The summed E-state index contributed by atoms with van der Waals surface area (Å²) in [6.45, 7) is 1.40. The molecular weight excluding hydrogens is 352 g/mol. The van der Waals surface area contributed by atoms with Crippen molar-refractivity contribution in [3.8, 4) is 11.5 Å². The Kier molecular flexibility index (Phi) is 5.66. The van der Waals surface area contributed by atoms with Crippen LogP contribution in [0.4, 0.5) is 0 Å². The van der Waals surface area contributed by atoms with Crippen molar-refractivity contribution in [3.63, 3.8) is 0 Å². The van der Waals surface area contributed by atoms with Crippen molar-refractivity contribution in [1.29, 1.82) is 0 Å². The summed E-state index contributed by atoms with van der Waals surface area (Å²) in [6.07, 6.45) is 1.07. The van der Waals surface area contributed by atoms with Gasteiger partial charge in [0, 0.05) is 24.2 Å². The number of amides is 1. The largest absolute Gasteiger partial charge is 0.493 e. The van der Waals surface area contributed by atoms with Crippen LogP contribution >= 0.6 is 15.9 Å². The molecule has 1 aliphatic rings. The van der Waals surface area contributed by atoms with Crippen LogP contribution in [0.1, 0.15) is 18.4 Å². The van der Waals surface area contributed by atoms with Gasteiger partial charge >= 0.3 is 0 Å². The second-order valence-corrected chi connectivity index (χ2v) is 6.10. The zero-order valence-corrected chi connectivity index (χ0v) is 14.4. The molecule has 1 heterocycles. The van der Waals surface area contributed by atoms with Gasteiger partial charge in [-0.2, -0.15) is 0 Å². The van der Waals surface area contributed by atoms with Crippen molar-refractivity contribution in [1.82, 2.24) is 5.32 Å². The number of halogens is 1. The molecule has 1 aliphatic heterocycles. The molecule has 0 unspecified atom stereocenters. The van der Waals surface area contributed by atoms with Crippen LogP contribution in [0.2, 0.25) is 0 Å². The fourth-order valence-electron chi connectivity index (χ4n) is 2.35. The normalized spacial score (nSPS) is 16.9. The number of methoxy groups -OCH3 is 2. The summed E-state index contributed by atoms with van der Waals surface area (Å²) < 4.78 is 16.6. The molecule has 1 amide bonds. The molecule has 1 aromatic rings. The first-order valence-corrected chi connectivity index (χ1v) is 7.85. The Balaban J connectivity index is 2.06. The Hall–Kier alpha value is -1.31. The van der Waals surface area contributed by atoms with E-state index in [4.69, 9.17) is 19.9 Å². The average Bonchev–Trinajstić information content (AvgIpc) is 2.53. The van der Waals surface area contributed by atoms with E-state index in [9.17, 15) is 4.79 Å². The van der Waals surface area contributed by atoms with Crippen LogP contribution in [0, 0.1) is 0 Å². The van der Waals surface area contributed by atoms with E-state index in [1.807, 2.05) is 12.1 Å². The minimum absolute atomic E-state index is 0.155. The number of rotatable bonds is 5. The number of hydrogen-bond acceptors (Lipinski definition) is 5. The van der Waals surface area contributed by atoms with Crippen LogP contribution < -0.4 is 20.5 Å². The Labute approximate surface area is 138 Å². The SMILES string of the molecule is COc1cc(Br)c(CNC(=O)C2(N)CCOCC2)cc1OC. The third-order valence-electron chi connectivity index (χ3n) is 3.83. The van der Waals surface area contributed by atoms with Crippen molar-refractivity contribution in [2.45, 2.75) is 24.9 Å². The molecule has 0 radical (unpaired) electrons. The van der Waals surface area contributed by atoms with E-state index in [2.05, 4.69) is 21.2 Å². The minimum atomic E-state index is -0.846. The van der Waals surface area contributed by atoms with Crippen molar-refractivity contribution >= 4 is 21.8 Å². The van der Waals surface area contributed by atoms with Gasteiger partial charge in [0.05, 0.1) is 19.8 Å². The molecule has 0 aliphatic carbocycles. The molecular formula is C15H21BrN2O4. The molecule has 0 bridgehead atoms.